The van der Waals surface area contributed by atoms with Gasteiger partial charge in [-0.15, -0.1) is 0 Å². The molecular weight excluding hydrogens is 124 g/mol. The van der Waals surface area contributed by atoms with Crippen LogP contribution in [0.3, 0.4) is 0 Å². The SMILES string of the molecule is CNCC1CCCC1CN. The molecule has 2 atom stereocenters. The van der Waals surface area contributed by atoms with E-state index in [2.05, 4.69) is 5.32 Å². The van der Waals surface area contributed by atoms with E-state index in [1.54, 1.807) is 0 Å². The fraction of sp³-hybridized carbons (Fsp3) is 1.00. The summed E-state index contributed by atoms with van der Waals surface area (Å²) in [5.74, 6) is 1.66. The Morgan fingerprint density at radius 3 is 2.70 bits per heavy atom. The van der Waals surface area contributed by atoms with Crippen molar-refractivity contribution in [2.75, 3.05) is 20.1 Å². The molecule has 1 aliphatic carbocycles. The normalized spacial score (nSPS) is 33.0. The highest BCUT2D eigenvalue weighted by atomic mass is 14.8. The topological polar surface area (TPSA) is 38.0 Å². The molecule has 1 fully saturated rings. The van der Waals surface area contributed by atoms with E-state index in [1.807, 2.05) is 7.05 Å². The molecule has 2 heteroatoms. The average Bonchev–Trinajstić information content (AvgIpc) is 2.36. The lowest BCUT2D eigenvalue weighted by Gasteiger charge is -2.16. The molecule has 1 aliphatic rings. The van der Waals surface area contributed by atoms with Gasteiger partial charge in [0.2, 0.25) is 0 Å². The Labute approximate surface area is 63.2 Å². The van der Waals surface area contributed by atoms with Crippen LogP contribution in [0.5, 0.6) is 0 Å². The maximum Gasteiger partial charge on any atom is -0.00204 e. The van der Waals surface area contributed by atoms with Gasteiger partial charge in [0.05, 0.1) is 0 Å². The summed E-state index contributed by atoms with van der Waals surface area (Å²) in [6.07, 6.45) is 4.11. The molecular formula is C8H18N2. The molecule has 0 aromatic rings. The van der Waals surface area contributed by atoms with Gasteiger partial charge in [0.1, 0.15) is 0 Å². The summed E-state index contributed by atoms with van der Waals surface area (Å²) in [5.41, 5.74) is 5.63. The molecule has 0 radical (unpaired) electrons. The summed E-state index contributed by atoms with van der Waals surface area (Å²) in [6.45, 7) is 2.04. The summed E-state index contributed by atoms with van der Waals surface area (Å²) in [7, 11) is 2.02. The first-order valence-electron chi connectivity index (χ1n) is 4.23. The Balaban J connectivity index is 2.27. The van der Waals surface area contributed by atoms with Crippen LogP contribution in [0.25, 0.3) is 0 Å². The Morgan fingerprint density at radius 2 is 2.10 bits per heavy atom. The van der Waals surface area contributed by atoms with Gasteiger partial charge >= 0.3 is 0 Å². The lowest BCUT2D eigenvalue weighted by Crippen LogP contribution is -2.26. The van der Waals surface area contributed by atoms with Gasteiger partial charge in [-0.3, -0.25) is 0 Å². The van der Waals surface area contributed by atoms with Crippen LogP contribution in [0.2, 0.25) is 0 Å². The van der Waals surface area contributed by atoms with Gasteiger partial charge in [-0.05, 0) is 44.8 Å². The van der Waals surface area contributed by atoms with E-state index in [1.165, 1.54) is 19.3 Å². The summed E-state index contributed by atoms with van der Waals surface area (Å²) >= 11 is 0. The molecule has 0 spiro atoms. The molecule has 3 N–H and O–H groups in total. The zero-order chi connectivity index (χ0) is 7.40. The molecule has 1 saturated carbocycles. The predicted molar refractivity (Wildman–Crippen MR) is 43.8 cm³/mol. The molecule has 0 heterocycles. The Kier molecular flexibility index (Phi) is 3.16. The molecule has 0 aromatic heterocycles. The monoisotopic (exact) mass is 142 g/mol. The summed E-state index contributed by atoms with van der Waals surface area (Å²) in [4.78, 5) is 0. The fourth-order valence-corrected chi connectivity index (χ4v) is 1.95. The Bertz CT molecular complexity index is 93.3. The maximum absolute atomic E-state index is 5.63. The highest BCUT2D eigenvalue weighted by Gasteiger charge is 2.24. The van der Waals surface area contributed by atoms with Crippen LogP contribution in [0, 0.1) is 11.8 Å². The first kappa shape index (κ1) is 8.02. The van der Waals surface area contributed by atoms with E-state index >= 15 is 0 Å². The van der Waals surface area contributed by atoms with Gasteiger partial charge in [0, 0.05) is 0 Å². The van der Waals surface area contributed by atoms with Gasteiger partial charge in [-0.25, -0.2) is 0 Å². The molecule has 0 aromatic carbocycles. The average molecular weight is 142 g/mol. The first-order valence-corrected chi connectivity index (χ1v) is 4.23. The molecule has 1 rings (SSSR count). The van der Waals surface area contributed by atoms with Crippen molar-refractivity contribution < 1.29 is 0 Å². The minimum absolute atomic E-state index is 0.799. The van der Waals surface area contributed by atoms with Gasteiger partial charge in [-0.2, -0.15) is 0 Å². The fourth-order valence-electron chi connectivity index (χ4n) is 1.95. The highest BCUT2D eigenvalue weighted by Crippen LogP contribution is 2.29. The third-order valence-corrected chi connectivity index (χ3v) is 2.59. The van der Waals surface area contributed by atoms with E-state index in [0.29, 0.717) is 0 Å². The van der Waals surface area contributed by atoms with E-state index in [0.717, 1.165) is 24.9 Å². The van der Waals surface area contributed by atoms with Crippen molar-refractivity contribution in [3.05, 3.63) is 0 Å². The number of nitrogens with one attached hydrogen (secondary N) is 1. The molecule has 2 unspecified atom stereocenters. The van der Waals surface area contributed by atoms with E-state index in [-0.39, 0.29) is 0 Å². The predicted octanol–water partition coefficient (Wildman–Crippen LogP) is 0.581. The summed E-state index contributed by atoms with van der Waals surface area (Å²) in [5, 5.41) is 3.22. The van der Waals surface area contributed by atoms with Crippen molar-refractivity contribution in [2.24, 2.45) is 17.6 Å². The Morgan fingerprint density at radius 1 is 1.40 bits per heavy atom. The zero-order valence-corrected chi connectivity index (χ0v) is 6.77. The van der Waals surface area contributed by atoms with Gasteiger partial charge in [-0.1, -0.05) is 6.42 Å². The second-order valence-electron chi connectivity index (χ2n) is 3.24. The second kappa shape index (κ2) is 3.94. The van der Waals surface area contributed by atoms with Crippen molar-refractivity contribution in [3.8, 4) is 0 Å². The number of hydrogen-bond acceptors (Lipinski definition) is 2. The molecule has 2 nitrogen and oxygen atoms in total. The van der Waals surface area contributed by atoms with Gasteiger partial charge in [0.15, 0.2) is 0 Å². The molecule has 0 amide bonds. The minimum atomic E-state index is 0.799. The highest BCUT2D eigenvalue weighted by molar-refractivity contribution is 4.78. The van der Waals surface area contributed by atoms with E-state index < -0.39 is 0 Å². The van der Waals surface area contributed by atoms with Gasteiger partial charge < -0.3 is 11.1 Å². The van der Waals surface area contributed by atoms with Crippen molar-refractivity contribution in [1.29, 1.82) is 0 Å². The standard InChI is InChI=1S/C8H18N2/c1-10-6-8-4-2-3-7(8)5-9/h7-8,10H,2-6,9H2,1H3. The number of nitrogens with two attached hydrogens (primary N) is 1. The third kappa shape index (κ3) is 1.70. The smallest absolute Gasteiger partial charge is 0.00204 e. The van der Waals surface area contributed by atoms with Crippen LogP contribution >= 0.6 is 0 Å². The largest absolute Gasteiger partial charge is 0.330 e. The quantitative estimate of drug-likeness (QED) is 0.605. The van der Waals surface area contributed by atoms with Crippen LogP contribution in [-0.2, 0) is 0 Å². The lowest BCUT2D eigenvalue weighted by molar-refractivity contribution is 0.384. The molecule has 0 aliphatic heterocycles. The van der Waals surface area contributed by atoms with Crippen LogP contribution in [0.1, 0.15) is 19.3 Å². The summed E-state index contributed by atoms with van der Waals surface area (Å²) in [6, 6.07) is 0. The van der Waals surface area contributed by atoms with Crippen LogP contribution in [0.4, 0.5) is 0 Å². The summed E-state index contributed by atoms with van der Waals surface area (Å²) < 4.78 is 0. The zero-order valence-electron chi connectivity index (χ0n) is 6.77. The maximum atomic E-state index is 5.63. The lowest BCUT2D eigenvalue weighted by atomic mass is 9.96. The van der Waals surface area contributed by atoms with E-state index in [4.69, 9.17) is 5.73 Å². The van der Waals surface area contributed by atoms with Crippen LogP contribution in [-0.4, -0.2) is 20.1 Å². The van der Waals surface area contributed by atoms with Crippen molar-refractivity contribution in [1.82, 2.24) is 5.32 Å². The molecule has 60 valence electrons. The second-order valence-corrected chi connectivity index (χ2v) is 3.24. The van der Waals surface area contributed by atoms with Crippen molar-refractivity contribution in [2.45, 2.75) is 19.3 Å². The first-order chi connectivity index (χ1) is 4.88. The van der Waals surface area contributed by atoms with Crippen molar-refractivity contribution >= 4 is 0 Å². The van der Waals surface area contributed by atoms with Crippen LogP contribution < -0.4 is 11.1 Å². The van der Waals surface area contributed by atoms with Crippen molar-refractivity contribution in [3.63, 3.8) is 0 Å². The molecule has 0 bridgehead atoms. The van der Waals surface area contributed by atoms with Crippen LogP contribution in [0.15, 0.2) is 0 Å². The number of hydrogen-bond donors (Lipinski definition) is 2. The molecule has 0 saturated heterocycles. The minimum Gasteiger partial charge on any atom is -0.330 e. The Hall–Kier alpha value is -0.0800. The number of rotatable bonds is 3. The van der Waals surface area contributed by atoms with E-state index in [9.17, 15) is 0 Å². The van der Waals surface area contributed by atoms with Gasteiger partial charge in [0.25, 0.3) is 0 Å². The third-order valence-electron chi connectivity index (χ3n) is 2.59. The molecule has 10 heavy (non-hydrogen) atoms.